The third kappa shape index (κ3) is 4.00. The third-order valence-electron chi connectivity index (χ3n) is 4.65. The summed E-state index contributed by atoms with van der Waals surface area (Å²) in [7, 11) is 0. The molecular formula is C18H26N6O2. The molecule has 0 unspecified atom stereocenters. The molecule has 0 saturated carbocycles. The van der Waals surface area contributed by atoms with Crippen molar-refractivity contribution in [1.29, 1.82) is 0 Å². The lowest BCUT2D eigenvalue weighted by molar-refractivity contribution is -0.127. The number of amides is 2. The second-order valence-corrected chi connectivity index (χ2v) is 7.24. The van der Waals surface area contributed by atoms with Crippen LogP contribution in [0.4, 0.5) is 0 Å². The van der Waals surface area contributed by atoms with E-state index in [1.165, 1.54) is 0 Å². The molecule has 3 rings (SSSR count). The predicted octanol–water partition coefficient (Wildman–Crippen LogP) is 1.32. The van der Waals surface area contributed by atoms with Crippen molar-refractivity contribution in [3.8, 4) is 0 Å². The Kier molecular flexibility index (Phi) is 5.49. The Hall–Kier alpha value is -2.51. The fourth-order valence-electron chi connectivity index (χ4n) is 3.37. The van der Waals surface area contributed by atoms with E-state index in [2.05, 4.69) is 15.3 Å². The van der Waals surface area contributed by atoms with Gasteiger partial charge in [0.1, 0.15) is 5.52 Å². The Morgan fingerprint density at radius 2 is 2.08 bits per heavy atom. The van der Waals surface area contributed by atoms with E-state index in [4.69, 9.17) is 5.10 Å². The van der Waals surface area contributed by atoms with E-state index in [0.29, 0.717) is 32.0 Å². The molecule has 0 spiro atoms. The minimum atomic E-state index is 0.0515. The van der Waals surface area contributed by atoms with Crippen LogP contribution in [0.15, 0.2) is 12.4 Å². The predicted molar refractivity (Wildman–Crippen MR) is 97.4 cm³/mol. The second kappa shape index (κ2) is 7.80. The number of fused-ring (bicyclic) bond motifs is 1. The standard InChI is InChI=1S/C18H26N6O2/c1-12(2)10-15(26)19-7-9-24-18-17(20-5-6-21-18)16(22-24)14-4-8-23(11-14)13(3)25/h5-6,12,14H,4,7-11H2,1-3H3,(H,19,26)/t14-/m0/s1. The molecular weight excluding hydrogens is 332 g/mol. The molecule has 0 radical (unpaired) electrons. The Bertz CT molecular complexity index is 800. The van der Waals surface area contributed by atoms with Crippen LogP contribution in [0.1, 0.15) is 45.2 Å². The van der Waals surface area contributed by atoms with Gasteiger partial charge in [0.15, 0.2) is 5.65 Å². The highest BCUT2D eigenvalue weighted by atomic mass is 16.2. The maximum atomic E-state index is 11.8. The van der Waals surface area contributed by atoms with Crippen LogP contribution in [0, 0.1) is 5.92 Å². The first-order chi connectivity index (χ1) is 12.5. The van der Waals surface area contributed by atoms with Crippen LogP contribution in [0.3, 0.4) is 0 Å². The van der Waals surface area contributed by atoms with Gasteiger partial charge in [-0.3, -0.25) is 9.59 Å². The fraction of sp³-hybridized carbons (Fsp3) is 0.611. The van der Waals surface area contributed by atoms with Gasteiger partial charge >= 0.3 is 0 Å². The van der Waals surface area contributed by atoms with Crippen molar-refractivity contribution in [2.45, 2.75) is 46.1 Å². The summed E-state index contributed by atoms with van der Waals surface area (Å²) in [6.07, 6.45) is 4.72. The Labute approximate surface area is 153 Å². The van der Waals surface area contributed by atoms with E-state index < -0.39 is 0 Å². The first kappa shape index (κ1) is 18.3. The van der Waals surface area contributed by atoms with Gasteiger partial charge in [0.05, 0.1) is 12.2 Å². The van der Waals surface area contributed by atoms with E-state index in [1.54, 1.807) is 19.3 Å². The highest BCUT2D eigenvalue weighted by Crippen LogP contribution is 2.30. The number of hydrogen-bond donors (Lipinski definition) is 1. The number of aromatic nitrogens is 4. The van der Waals surface area contributed by atoms with Crippen LogP contribution in [0.2, 0.25) is 0 Å². The number of nitrogens with one attached hydrogen (secondary N) is 1. The molecule has 0 bridgehead atoms. The molecule has 2 aromatic heterocycles. The zero-order chi connectivity index (χ0) is 18.7. The number of likely N-dealkylation sites (tertiary alicyclic amines) is 1. The molecule has 1 N–H and O–H groups in total. The Morgan fingerprint density at radius 1 is 1.31 bits per heavy atom. The van der Waals surface area contributed by atoms with Gasteiger partial charge in [-0.05, 0) is 12.3 Å². The topological polar surface area (TPSA) is 93.0 Å². The molecule has 3 heterocycles. The van der Waals surface area contributed by atoms with Crippen molar-refractivity contribution >= 4 is 23.0 Å². The normalized spacial score (nSPS) is 17.2. The summed E-state index contributed by atoms with van der Waals surface area (Å²) >= 11 is 0. The Morgan fingerprint density at radius 3 is 2.77 bits per heavy atom. The second-order valence-electron chi connectivity index (χ2n) is 7.24. The molecule has 1 aliphatic heterocycles. The maximum Gasteiger partial charge on any atom is 0.220 e. The SMILES string of the molecule is CC(=O)N1CC[C@H](c2nn(CCNC(=O)CC(C)C)c3nccnc23)C1. The van der Waals surface area contributed by atoms with Gasteiger partial charge in [-0.25, -0.2) is 14.6 Å². The summed E-state index contributed by atoms with van der Waals surface area (Å²) in [5, 5.41) is 7.65. The van der Waals surface area contributed by atoms with E-state index in [1.807, 2.05) is 23.4 Å². The molecule has 0 aliphatic carbocycles. The minimum absolute atomic E-state index is 0.0515. The maximum absolute atomic E-state index is 11.8. The zero-order valence-electron chi connectivity index (χ0n) is 15.6. The quantitative estimate of drug-likeness (QED) is 0.841. The van der Waals surface area contributed by atoms with Crippen LogP contribution in [0.5, 0.6) is 0 Å². The molecule has 1 atom stereocenters. The Balaban J connectivity index is 1.73. The van der Waals surface area contributed by atoms with Crippen molar-refractivity contribution in [2.24, 2.45) is 5.92 Å². The minimum Gasteiger partial charge on any atom is -0.354 e. The largest absolute Gasteiger partial charge is 0.354 e. The smallest absolute Gasteiger partial charge is 0.220 e. The summed E-state index contributed by atoms with van der Waals surface area (Å²) in [5.74, 6) is 0.658. The molecule has 8 heteroatoms. The first-order valence-electron chi connectivity index (χ1n) is 9.15. The number of carbonyl (C=O) groups excluding carboxylic acids is 2. The number of hydrogen-bond acceptors (Lipinski definition) is 5. The zero-order valence-corrected chi connectivity index (χ0v) is 15.6. The van der Waals surface area contributed by atoms with E-state index in [0.717, 1.165) is 29.8 Å². The summed E-state index contributed by atoms with van der Waals surface area (Å²) in [4.78, 5) is 34.1. The molecule has 2 amide bonds. The average Bonchev–Trinajstić information content (AvgIpc) is 3.19. The molecule has 0 aromatic carbocycles. The van der Waals surface area contributed by atoms with Crippen LogP contribution in [-0.4, -0.2) is 56.1 Å². The van der Waals surface area contributed by atoms with Crippen LogP contribution < -0.4 is 5.32 Å². The number of nitrogens with zero attached hydrogens (tertiary/aromatic N) is 5. The summed E-state index contributed by atoms with van der Waals surface area (Å²) in [6, 6.07) is 0. The molecule has 140 valence electrons. The van der Waals surface area contributed by atoms with Crippen molar-refractivity contribution in [3.05, 3.63) is 18.1 Å². The molecule has 8 nitrogen and oxygen atoms in total. The molecule has 2 aromatic rings. The van der Waals surface area contributed by atoms with E-state index in [-0.39, 0.29) is 17.7 Å². The monoisotopic (exact) mass is 358 g/mol. The van der Waals surface area contributed by atoms with Crippen molar-refractivity contribution < 1.29 is 9.59 Å². The highest BCUT2D eigenvalue weighted by Gasteiger charge is 2.30. The number of carbonyl (C=O) groups is 2. The third-order valence-corrected chi connectivity index (χ3v) is 4.65. The molecule has 1 saturated heterocycles. The highest BCUT2D eigenvalue weighted by molar-refractivity contribution is 5.76. The van der Waals surface area contributed by atoms with Gasteiger partial charge in [0, 0.05) is 51.3 Å². The van der Waals surface area contributed by atoms with E-state index in [9.17, 15) is 9.59 Å². The molecule has 1 fully saturated rings. The first-order valence-corrected chi connectivity index (χ1v) is 9.15. The fourth-order valence-corrected chi connectivity index (χ4v) is 3.37. The molecule has 26 heavy (non-hydrogen) atoms. The van der Waals surface area contributed by atoms with Crippen molar-refractivity contribution in [2.75, 3.05) is 19.6 Å². The van der Waals surface area contributed by atoms with E-state index >= 15 is 0 Å². The van der Waals surface area contributed by atoms with Crippen molar-refractivity contribution in [3.63, 3.8) is 0 Å². The van der Waals surface area contributed by atoms with Crippen molar-refractivity contribution in [1.82, 2.24) is 30.0 Å². The van der Waals surface area contributed by atoms with Gasteiger partial charge in [-0.15, -0.1) is 0 Å². The van der Waals surface area contributed by atoms with Gasteiger partial charge in [0.25, 0.3) is 0 Å². The number of rotatable bonds is 6. The lowest BCUT2D eigenvalue weighted by atomic mass is 10.0. The van der Waals surface area contributed by atoms with Gasteiger partial charge in [-0.1, -0.05) is 13.8 Å². The van der Waals surface area contributed by atoms with Crippen LogP contribution >= 0.6 is 0 Å². The van der Waals surface area contributed by atoms with Gasteiger partial charge in [0.2, 0.25) is 11.8 Å². The van der Waals surface area contributed by atoms with Gasteiger partial charge in [-0.2, -0.15) is 5.10 Å². The average molecular weight is 358 g/mol. The van der Waals surface area contributed by atoms with Gasteiger partial charge < -0.3 is 10.2 Å². The summed E-state index contributed by atoms with van der Waals surface area (Å²) in [5.41, 5.74) is 2.41. The summed E-state index contributed by atoms with van der Waals surface area (Å²) in [6.45, 7) is 8.11. The van der Waals surface area contributed by atoms with Crippen LogP contribution in [0.25, 0.3) is 11.2 Å². The summed E-state index contributed by atoms with van der Waals surface area (Å²) < 4.78 is 1.81. The lowest BCUT2D eigenvalue weighted by Gasteiger charge is -2.12. The molecule has 1 aliphatic rings. The van der Waals surface area contributed by atoms with Crippen LogP contribution in [-0.2, 0) is 16.1 Å². The lowest BCUT2D eigenvalue weighted by Crippen LogP contribution is -2.28.